The van der Waals surface area contributed by atoms with Gasteiger partial charge >= 0.3 is 0 Å². The van der Waals surface area contributed by atoms with Crippen molar-refractivity contribution in [2.24, 2.45) is 17.2 Å². The summed E-state index contributed by atoms with van der Waals surface area (Å²) in [6.07, 6.45) is 4.80. The zero-order valence-electron chi connectivity index (χ0n) is 13.0. The van der Waals surface area contributed by atoms with E-state index in [1.165, 1.54) is 24.8 Å². The number of hydrazine groups is 1. The largest absolute Gasteiger partial charge is 0.493 e. The summed E-state index contributed by atoms with van der Waals surface area (Å²) in [6.45, 7) is 7.58. The predicted octanol–water partition coefficient (Wildman–Crippen LogP) is 3.81. The zero-order chi connectivity index (χ0) is 14.6. The SMILES string of the molecule is CCCOc1ccccc1C(NN)C1CCCC1(C)C. The smallest absolute Gasteiger partial charge is 0.124 e. The fraction of sp³-hybridized carbons (Fsp3) is 0.647. The van der Waals surface area contributed by atoms with Crippen molar-refractivity contribution in [3.63, 3.8) is 0 Å². The molecule has 3 N–H and O–H groups in total. The fourth-order valence-electron chi connectivity index (χ4n) is 3.48. The Balaban J connectivity index is 2.27. The molecule has 1 aromatic carbocycles. The van der Waals surface area contributed by atoms with Crippen LogP contribution in [0.15, 0.2) is 24.3 Å². The van der Waals surface area contributed by atoms with Crippen LogP contribution >= 0.6 is 0 Å². The number of nitrogens with two attached hydrogens (primary N) is 1. The molecule has 0 radical (unpaired) electrons. The minimum Gasteiger partial charge on any atom is -0.493 e. The topological polar surface area (TPSA) is 47.3 Å². The van der Waals surface area contributed by atoms with E-state index in [2.05, 4.69) is 44.4 Å². The highest BCUT2D eigenvalue weighted by Gasteiger charge is 2.40. The highest BCUT2D eigenvalue weighted by atomic mass is 16.5. The molecule has 0 bridgehead atoms. The standard InChI is InChI=1S/C17H28N2O/c1-4-12-20-15-10-6-5-8-13(15)16(19-18)14-9-7-11-17(14,2)3/h5-6,8,10,14,16,19H,4,7,9,11-12,18H2,1-3H3. The summed E-state index contributed by atoms with van der Waals surface area (Å²) in [5, 5.41) is 0. The lowest BCUT2D eigenvalue weighted by molar-refractivity contribution is 0.194. The molecule has 0 aromatic heterocycles. The molecule has 0 heterocycles. The molecule has 1 fully saturated rings. The lowest BCUT2D eigenvalue weighted by Gasteiger charge is -2.34. The lowest BCUT2D eigenvalue weighted by Crippen LogP contribution is -2.38. The number of ether oxygens (including phenoxy) is 1. The van der Waals surface area contributed by atoms with Crippen molar-refractivity contribution in [3.05, 3.63) is 29.8 Å². The first-order valence-electron chi connectivity index (χ1n) is 7.78. The van der Waals surface area contributed by atoms with Crippen LogP contribution in [0.4, 0.5) is 0 Å². The molecule has 0 aliphatic heterocycles. The molecule has 112 valence electrons. The van der Waals surface area contributed by atoms with Crippen molar-refractivity contribution >= 4 is 0 Å². The number of para-hydroxylation sites is 1. The summed E-state index contributed by atoms with van der Waals surface area (Å²) in [4.78, 5) is 0. The highest BCUT2D eigenvalue weighted by molar-refractivity contribution is 5.36. The molecule has 2 rings (SSSR count). The van der Waals surface area contributed by atoms with E-state index in [-0.39, 0.29) is 6.04 Å². The molecular weight excluding hydrogens is 248 g/mol. The van der Waals surface area contributed by atoms with E-state index in [4.69, 9.17) is 10.6 Å². The Kier molecular flexibility index (Phi) is 5.06. The Hall–Kier alpha value is -1.06. The first-order chi connectivity index (χ1) is 9.60. The number of hydrogen-bond acceptors (Lipinski definition) is 3. The van der Waals surface area contributed by atoms with Gasteiger partial charge in [0.2, 0.25) is 0 Å². The Morgan fingerprint density at radius 1 is 1.40 bits per heavy atom. The normalized spacial score (nSPS) is 22.7. The Morgan fingerprint density at radius 3 is 2.75 bits per heavy atom. The van der Waals surface area contributed by atoms with Crippen LogP contribution in [0.25, 0.3) is 0 Å². The Morgan fingerprint density at radius 2 is 2.15 bits per heavy atom. The molecule has 20 heavy (non-hydrogen) atoms. The maximum absolute atomic E-state index is 5.90. The van der Waals surface area contributed by atoms with Gasteiger partial charge in [0.05, 0.1) is 12.6 Å². The number of rotatable bonds is 6. The summed E-state index contributed by atoms with van der Waals surface area (Å²) in [7, 11) is 0. The van der Waals surface area contributed by atoms with Crippen molar-refractivity contribution in [1.29, 1.82) is 0 Å². The summed E-state index contributed by atoms with van der Waals surface area (Å²) >= 11 is 0. The van der Waals surface area contributed by atoms with Crippen molar-refractivity contribution in [2.45, 2.75) is 52.5 Å². The second-order valence-corrected chi connectivity index (χ2v) is 6.52. The molecule has 1 saturated carbocycles. The van der Waals surface area contributed by atoms with Crippen LogP contribution in [0, 0.1) is 11.3 Å². The van der Waals surface area contributed by atoms with Gasteiger partial charge in [-0.05, 0) is 36.7 Å². The van der Waals surface area contributed by atoms with Gasteiger partial charge in [-0.3, -0.25) is 11.3 Å². The third-order valence-electron chi connectivity index (χ3n) is 4.64. The van der Waals surface area contributed by atoms with E-state index < -0.39 is 0 Å². The summed E-state index contributed by atoms with van der Waals surface area (Å²) in [5.41, 5.74) is 4.58. The molecule has 1 aliphatic carbocycles. The maximum atomic E-state index is 5.90. The Labute approximate surface area is 122 Å². The van der Waals surface area contributed by atoms with Crippen LogP contribution in [0.2, 0.25) is 0 Å². The van der Waals surface area contributed by atoms with Gasteiger partial charge in [-0.2, -0.15) is 0 Å². The van der Waals surface area contributed by atoms with E-state index in [0.29, 0.717) is 11.3 Å². The molecule has 2 atom stereocenters. The molecule has 0 spiro atoms. The predicted molar refractivity (Wildman–Crippen MR) is 83.4 cm³/mol. The van der Waals surface area contributed by atoms with Crippen LogP contribution < -0.4 is 16.0 Å². The number of benzene rings is 1. The van der Waals surface area contributed by atoms with Gasteiger partial charge in [0, 0.05) is 5.56 Å². The van der Waals surface area contributed by atoms with Gasteiger partial charge in [-0.25, -0.2) is 0 Å². The summed E-state index contributed by atoms with van der Waals surface area (Å²) in [6, 6.07) is 8.46. The maximum Gasteiger partial charge on any atom is 0.124 e. The Bertz CT molecular complexity index is 431. The average molecular weight is 276 g/mol. The molecule has 1 aromatic rings. The van der Waals surface area contributed by atoms with Crippen molar-refractivity contribution in [1.82, 2.24) is 5.43 Å². The minimum atomic E-state index is 0.167. The lowest BCUT2D eigenvalue weighted by atomic mass is 9.75. The second-order valence-electron chi connectivity index (χ2n) is 6.52. The third-order valence-corrected chi connectivity index (χ3v) is 4.64. The van der Waals surface area contributed by atoms with Crippen molar-refractivity contribution in [3.8, 4) is 5.75 Å². The molecule has 3 heteroatoms. The van der Waals surface area contributed by atoms with Crippen molar-refractivity contribution < 1.29 is 4.74 Å². The molecule has 3 nitrogen and oxygen atoms in total. The van der Waals surface area contributed by atoms with Crippen LogP contribution in [0.3, 0.4) is 0 Å². The summed E-state index contributed by atoms with van der Waals surface area (Å²) in [5.74, 6) is 7.42. The first kappa shape index (κ1) is 15.3. The van der Waals surface area contributed by atoms with Gasteiger partial charge in [0.1, 0.15) is 5.75 Å². The van der Waals surface area contributed by atoms with Crippen LogP contribution in [-0.2, 0) is 0 Å². The number of nitrogens with one attached hydrogen (secondary N) is 1. The first-order valence-corrected chi connectivity index (χ1v) is 7.78. The van der Waals surface area contributed by atoms with Crippen LogP contribution in [-0.4, -0.2) is 6.61 Å². The van der Waals surface area contributed by atoms with Gasteiger partial charge < -0.3 is 4.74 Å². The van der Waals surface area contributed by atoms with Gasteiger partial charge in [-0.1, -0.05) is 45.4 Å². The molecule has 0 saturated heterocycles. The summed E-state index contributed by atoms with van der Waals surface area (Å²) < 4.78 is 5.90. The molecule has 2 unspecified atom stereocenters. The average Bonchev–Trinajstić information content (AvgIpc) is 2.78. The van der Waals surface area contributed by atoms with E-state index in [1.807, 2.05) is 6.07 Å². The molecule has 0 amide bonds. The quantitative estimate of drug-likeness (QED) is 0.613. The van der Waals surface area contributed by atoms with Crippen LogP contribution in [0.5, 0.6) is 5.75 Å². The third kappa shape index (κ3) is 3.15. The molecule has 1 aliphatic rings. The minimum absolute atomic E-state index is 0.167. The van der Waals surface area contributed by atoms with Crippen molar-refractivity contribution in [2.75, 3.05) is 6.61 Å². The van der Waals surface area contributed by atoms with E-state index in [0.717, 1.165) is 18.8 Å². The van der Waals surface area contributed by atoms with Crippen LogP contribution in [0.1, 0.15) is 58.1 Å². The monoisotopic (exact) mass is 276 g/mol. The van der Waals surface area contributed by atoms with Gasteiger partial charge in [-0.15, -0.1) is 0 Å². The number of hydrogen-bond donors (Lipinski definition) is 2. The van der Waals surface area contributed by atoms with E-state index >= 15 is 0 Å². The molecular formula is C17H28N2O. The zero-order valence-corrected chi connectivity index (χ0v) is 13.0. The second kappa shape index (κ2) is 6.59. The van der Waals surface area contributed by atoms with E-state index in [9.17, 15) is 0 Å². The van der Waals surface area contributed by atoms with Gasteiger partial charge in [0.25, 0.3) is 0 Å². The van der Waals surface area contributed by atoms with E-state index in [1.54, 1.807) is 0 Å². The fourth-order valence-corrected chi connectivity index (χ4v) is 3.48. The van der Waals surface area contributed by atoms with Gasteiger partial charge in [0.15, 0.2) is 0 Å². The highest BCUT2D eigenvalue weighted by Crippen LogP contribution is 2.49.